The topological polar surface area (TPSA) is 43.6 Å². The SMILES string of the molecule is FC(F)(F)c1cc(-c2cccs2)nc(-n2nc(-c3ccc(Br)cc3)c(Cl)c2-c2ccc(Br)cc2)n1. The number of thiophene rings is 1. The van der Waals surface area contributed by atoms with Gasteiger partial charge in [-0.25, -0.2) is 9.97 Å². The van der Waals surface area contributed by atoms with Gasteiger partial charge in [-0.05, 0) is 41.8 Å². The van der Waals surface area contributed by atoms with Gasteiger partial charge < -0.3 is 0 Å². The zero-order valence-electron chi connectivity index (χ0n) is 17.4. The first-order valence-electron chi connectivity index (χ1n) is 10.0. The summed E-state index contributed by atoms with van der Waals surface area (Å²) < 4.78 is 44.4. The van der Waals surface area contributed by atoms with Gasteiger partial charge in [-0.3, -0.25) is 0 Å². The second-order valence-corrected chi connectivity index (χ2v) is 10.5. The minimum atomic E-state index is -4.67. The summed E-state index contributed by atoms with van der Waals surface area (Å²) in [6.45, 7) is 0. The summed E-state index contributed by atoms with van der Waals surface area (Å²) in [4.78, 5) is 8.87. The summed E-state index contributed by atoms with van der Waals surface area (Å²) in [6.07, 6.45) is -4.67. The van der Waals surface area contributed by atoms with Crippen molar-refractivity contribution >= 4 is 54.8 Å². The van der Waals surface area contributed by atoms with Crippen molar-refractivity contribution in [1.29, 1.82) is 0 Å². The fourth-order valence-electron chi connectivity index (χ4n) is 3.42. The molecule has 11 heteroatoms. The molecule has 0 aliphatic carbocycles. The summed E-state index contributed by atoms with van der Waals surface area (Å²) in [5, 5.41) is 6.64. The van der Waals surface area contributed by atoms with Crippen molar-refractivity contribution in [3.05, 3.63) is 91.8 Å². The van der Waals surface area contributed by atoms with Crippen LogP contribution in [0.5, 0.6) is 0 Å². The van der Waals surface area contributed by atoms with Gasteiger partial charge in [-0.1, -0.05) is 73.8 Å². The van der Waals surface area contributed by atoms with E-state index in [9.17, 15) is 13.2 Å². The lowest BCUT2D eigenvalue weighted by Crippen LogP contribution is -2.14. The highest BCUT2D eigenvalue weighted by Gasteiger charge is 2.35. The Morgan fingerprint density at radius 2 is 1.49 bits per heavy atom. The lowest BCUT2D eigenvalue weighted by atomic mass is 10.1. The monoisotopic (exact) mass is 638 g/mol. The molecule has 5 rings (SSSR count). The third-order valence-electron chi connectivity index (χ3n) is 5.03. The fraction of sp³-hybridized carbons (Fsp3) is 0.0417. The Kier molecular flexibility index (Phi) is 6.56. The van der Waals surface area contributed by atoms with Gasteiger partial charge in [-0.2, -0.15) is 23.0 Å². The van der Waals surface area contributed by atoms with Gasteiger partial charge in [0.2, 0.25) is 0 Å². The van der Waals surface area contributed by atoms with Crippen molar-refractivity contribution in [2.45, 2.75) is 6.18 Å². The van der Waals surface area contributed by atoms with Gasteiger partial charge in [0.25, 0.3) is 5.95 Å². The van der Waals surface area contributed by atoms with E-state index in [1.807, 2.05) is 36.4 Å². The number of hydrogen-bond acceptors (Lipinski definition) is 4. The first kappa shape index (κ1) is 24.2. The predicted molar refractivity (Wildman–Crippen MR) is 139 cm³/mol. The van der Waals surface area contributed by atoms with Gasteiger partial charge in [0, 0.05) is 20.1 Å². The van der Waals surface area contributed by atoms with Gasteiger partial charge >= 0.3 is 6.18 Å². The lowest BCUT2D eigenvalue weighted by molar-refractivity contribution is -0.141. The second-order valence-electron chi connectivity index (χ2n) is 7.35. The summed E-state index contributed by atoms with van der Waals surface area (Å²) in [5.41, 5.74) is 1.21. The van der Waals surface area contributed by atoms with E-state index in [-0.39, 0.29) is 16.7 Å². The summed E-state index contributed by atoms with van der Waals surface area (Å²) >= 11 is 14.9. The molecule has 0 radical (unpaired) electrons. The van der Waals surface area contributed by atoms with Crippen LogP contribution >= 0.6 is 54.8 Å². The van der Waals surface area contributed by atoms with Gasteiger partial charge in [0.15, 0.2) is 5.69 Å². The molecule has 3 aromatic heterocycles. The Labute approximate surface area is 223 Å². The maximum Gasteiger partial charge on any atom is 0.433 e. The molecule has 3 heterocycles. The smallest absolute Gasteiger partial charge is 0.210 e. The average molecular weight is 641 g/mol. The van der Waals surface area contributed by atoms with Gasteiger partial charge in [-0.15, -0.1) is 11.3 Å². The molecule has 35 heavy (non-hydrogen) atoms. The van der Waals surface area contributed by atoms with E-state index >= 15 is 0 Å². The molecule has 0 fully saturated rings. The Hall–Kier alpha value is -2.53. The second kappa shape index (κ2) is 9.50. The minimum Gasteiger partial charge on any atom is -0.210 e. The molecule has 4 nitrogen and oxygen atoms in total. The number of aromatic nitrogens is 4. The van der Waals surface area contributed by atoms with Gasteiger partial charge in [0.05, 0.1) is 21.3 Å². The first-order valence-corrected chi connectivity index (χ1v) is 12.9. The summed E-state index contributed by atoms with van der Waals surface area (Å²) in [7, 11) is 0. The van der Waals surface area contributed by atoms with Crippen molar-refractivity contribution in [3.63, 3.8) is 0 Å². The van der Waals surface area contributed by atoms with E-state index in [1.54, 1.807) is 29.6 Å². The van der Waals surface area contributed by atoms with Crippen LogP contribution in [-0.2, 0) is 6.18 Å². The first-order chi connectivity index (χ1) is 16.7. The van der Waals surface area contributed by atoms with Crippen molar-refractivity contribution in [1.82, 2.24) is 19.7 Å². The Morgan fingerprint density at radius 1 is 0.857 bits per heavy atom. The molecule has 0 saturated carbocycles. The lowest BCUT2D eigenvalue weighted by Gasteiger charge is -2.12. The zero-order valence-corrected chi connectivity index (χ0v) is 22.1. The maximum atomic E-state index is 13.8. The fourth-order valence-corrected chi connectivity index (χ4v) is 4.97. The molecular weight excluding hydrogens is 629 g/mol. The number of rotatable bonds is 4. The minimum absolute atomic E-state index is 0.149. The molecule has 0 spiro atoms. The maximum absolute atomic E-state index is 13.8. The highest BCUT2D eigenvalue weighted by Crippen LogP contribution is 2.39. The van der Waals surface area contributed by atoms with Crippen LogP contribution < -0.4 is 0 Å². The molecule has 2 aromatic carbocycles. The van der Waals surface area contributed by atoms with Crippen LogP contribution in [0.1, 0.15) is 5.69 Å². The zero-order chi connectivity index (χ0) is 24.7. The van der Waals surface area contributed by atoms with Crippen molar-refractivity contribution in [2.24, 2.45) is 0 Å². The van der Waals surface area contributed by atoms with Gasteiger partial charge in [0.1, 0.15) is 5.69 Å². The Morgan fingerprint density at radius 3 is 2.06 bits per heavy atom. The molecule has 0 amide bonds. The van der Waals surface area contributed by atoms with E-state index in [0.29, 0.717) is 27.4 Å². The van der Waals surface area contributed by atoms with Crippen molar-refractivity contribution in [2.75, 3.05) is 0 Å². The molecule has 0 atom stereocenters. The van der Waals surface area contributed by atoms with Crippen LogP contribution in [0.4, 0.5) is 13.2 Å². The summed E-state index contributed by atoms with van der Waals surface area (Å²) in [5.74, 6) is -0.230. The van der Waals surface area contributed by atoms with Crippen LogP contribution in [0.25, 0.3) is 39.0 Å². The van der Waals surface area contributed by atoms with E-state index < -0.39 is 11.9 Å². The molecule has 0 aliphatic rings. The molecule has 0 N–H and O–H groups in total. The number of nitrogens with zero attached hydrogens (tertiary/aromatic N) is 4. The number of halogens is 6. The molecule has 0 bridgehead atoms. The van der Waals surface area contributed by atoms with Crippen LogP contribution in [0.3, 0.4) is 0 Å². The van der Waals surface area contributed by atoms with E-state index in [0.717, 1.165) is 15.0 Å². The predicted octanol–water partition coefficient (Wildman–Crippen LogP) is 8.92. The third-order valence-corrected chi connectivity index (χ3v) is 7.34. The Balaban J connectivity index is 1.79. The quantitative estimate of drug-likeness (QED) is 0.197. The molecule has 0 saturated heterocycles. The Bertz CT molecular complexity index is 1500. The van der Waals surface area contributed by atoms with E-state index in [2.05, 4.69) is 46.9 Å². The molecule has 5 aromatic rings. The molecule has 0 unspecified atom stereocenters. The summed E-state index contributed by atoms with van der Waals surface area (Å²) in [6, 6.07) is 18.9. The van der Waals surface area contributed by atoms with Crippen molar-refractivity contribution in [3.8, 4) is 39.0 Å². The molecule has 0 aliphatic heterocycles. The largest absolute Gasteiger partial charge is 0.433 e. The number of alkyl halides is 3. The number of benzene rings is 2. The van der Waals surface area contributed by atoms with E-state index in [1.165, 1.54) is 16.0 Å². The normalized spacial score (nSPS) is 11.7. The highest BCUT2D eigenvalue weighted by atomic mass is 79.9. The van der Waals surface area contributed by atoms with Crippen LogP contribution in [0.15, 0.2) is 81.1 Å². The van der Waals surface area contributed by atoms with Crippen LogP contribution in [0, 0.1) is 0 Å². The molecule has 176 valence electrons. The van der Waals surface area contributed by atoms with E-state index in [4.69, 9.17) is 11.6 Å². The molecular formula is C24H12Br2ClF3N4S. The average Bonchev–Trinajstić information content (AvgIpc) is 3.48. The number of hydrogen-bond donors (Lipinski definition) is 0. The van der Waals surface area contributed by atoms with Crippen molar-refractivity contribution < 1.29 is 13.2 Å². The van der Waals surface area contributed by atoms with Crippen LogP contribution in [0.2, 0.25) is 5.02 Å². The third kappa shape index (κ3) is 4.93. The standard InChI is InChI=1S/C24H12Br2ClF3N4S/c25-15-7-3-13(4-8-15)21-20(27)22(14-5-9-16(26)10-6-14)34(33-21)23-31-17(18-2-1-11-35-18)12-19(32-23)24(28,29)30/h1-12H. The van der Waals surface area contributed by atoms with Crippen LogP contribution in [-0.4, -0.2) is 19.7 Å². The highest BCUT2D eigenvalue weighted by molar-refractivity contribution is 9.10.